The first-order valence-corrected chi connectivity index (χ1v) is 8.07. The van der Waals surface area contributed by atoms with Gasteiger partial charge in [0.25, 0.3) is 0 Å². The largest absolute Gasteiger partial charge is 0.464 e. The second kappa shape index (κ2) is 6.86. The zero-order valence-electron chi connectivity index (χ0n) is 13.9. The molecule has 0 saturated carbocycles. The number of aryl methyl sites for hydroxylation is 1. The lowest BCUT2D eigenvalue weighted by atomic mass is 10.1. The number of furan rings is 1. The number of amides is 2. The van der Waals surface area contributed by atoms with Crippen LogP contribution in [0, 0.1) is 12.8 Å². The number of aromatic nitrogens is 1. The van der Waals surface area contributed by atoms with Gasteiger partial charge in [0.05, 0.1) is 24.2 Å². The summed E-state index contributed by atoms with van der Waals surface area (Å²) < 4.78 is 5.53. The maximum absolute atomic E-state index is 12.4. The average Bonchev–Trinajstić information content (AvgIpc) is 3.15. The Labute approximate surface area is 140 Å². The van der Waals surface area contributed by atoms with Crippen LogP contribution in [0.3, 0.4) is 0 Å². The third-order valence-electron chi connectivity index (χ3n) is 4.21. The van der Waals surface area contributed by atoms with Crippen molar-refractivity contribution in [2.45, 2.75) is 32.9 Å². The Kier molecular flexibility index (Phi) is 4.64. The van der Waals surface area contributed by atoms with Gasteiger partial charge < -0.3 is 14.6 Å². The van der Waals surface area contributed by atoms with Crippen molar-refractivity contribution in [2.24, 2.45) is 5.92 Å². The molecule has 1 aliphatic heterocycles. The standard InChI is InChI=1S/C18H21N3O3/c1-12-6-7-16(24-12)13(2)20-18(23)14-9-17(22)21(10-14)11-15-5-3-4-8-19-15/h3-8,13-14H,9-11H2,1-2H3,(H,20,23)/t13-,14+/m0/s1. The van der Waals surface area contributed by atoms with E-state index in [0.29, 0.717) is 13.1 Å². The minimum atomic E-state index is -0.334. The fourth-order valence-corrected chi connectivity index (χ4v) is 2.88. The van der Waals surface area contributed by atoms with E-state index < -0.39 is 0 Å². The molecule has 6 nitrogen and oxygen atoms in total. The minimum Gasteiger partial charge on any atom is -0.464 e. The molecule has 3 heterocycles. The van der Waals surface area contributed by atoms with E-state index in [1.54, 1.807) is 11.1 Å². The maximum atomic E-state index is 12.4. The molecular weight excluding hydrogens is 306 g/mol. The van der Waals surface area contributed by atoms with Crippen molar-refractivity contribution in [1.82, 2.24) is 15.2 Å². The highest BCUT2D eigenvalue weighted by Crippen LogP contribution is 2.22. The van der Waals surface area contributed by atoms with Crippen LogP contribution in [-0.2, 0) is 16.1 Å². The van der Waals surface area contributed by atoms with E-state index in [2.05, 4.69) is 10.3 Å². The molecule has 0 bridgehead atoms. The normalized spacial score (nSPS) is 18.7. The van der Waals surface area contributed by atoms with Gasteiger partial charge in [-0.1, -0.05) is 6.07 Å². The Bertz CT molecular complexity index is 726. The molecule has 2 aromatic heterocycles. The number of carbonyl (C=O) groups is 2. The smallest absolute Gasteiger partial charge is 0.226 e. The molecule has 1 N–H and O–H groups in total. The molecule has 0 spiro atoms. The lowest BCUT2D eigenvalue weighted by Gasteiger charge is -2.17. The first-order chi connectivity index (χ1) is 11.5. The van der Waals surface area contributed by atoms with E-state index in [0.717, 1.165) is 17.2 Å². The number of pyridine rings is 1. The number of nitrogens with zero attached hydrogens (tertiary/aromatic N) is 2. The van der Waals surface area contributed by atoms with Crippen LogP contribution in [-0.4, -0.2) is 28.2 Å². The van der Waals surface area contributed by atoms with Crippen molar-refractivity contribution in [3.8, 4) is 0 Å². The Hall–Kier alpha value is -2.63. The Morgan fingerprint density at radius 1 is 1.42 bits per heavy atom. The molecule has 1 aliphatic rings. The zero-order chi connectivity index (χ0) is 17.1. The Balaban J connectivity index is 1.57. The lowest BCUT2D eigenvalue weighted by molar-refractivity contribution is -0.129. The molecule has 1 fully saturated rings. The quantitative estimate of drug-likeness (QED) is 0.913. The highest BCUT2D eigenvalue weighted by molar-refractivity contribution is 5.89. The molecule has 126 valence electrons. The lowest BCUT2D eigenvalue weighted by Crippen LogP contribution is -2.34. The summed E-state index contributed by atoms with van der Waals surface area (Å²) in [6.07, 6.45) is 1.94. The summed E-state index contributed by atoms with van der Waals surface area (Å²) in [6.45, 7) is 4.60. The minimum absolute atomic E-state index is 0.0118. The molecule has 0 aliphatic carbocycles. The van der Waals surface area contributed by atoms with Crippen LogP contribution >= 0.6 is 0 Å². The molecule has 2 amide bonds. The van der Waals surface area contributed by atoms with Crippen molar-refractivity contribution in [2.75, 3.05) is 6.54 Å². The molecule has 2 aromatic rings. The van der Waals surface area contributed by atoms with Gasteiger partial charge in [0.15, 0.2) is 0 Å². The molecule has 24 heavy (non-hydrogen) atoms. The molecule has 0 aromatic carbocycles. The third-order valence-corrected chi connectivity index (χ3v) is 4.21. The first kappa shape index (κ1) is 16.2. The van der Waals surface area contributed by atoms with E-state index in [1.165, 1.54) is 0 Å². The summed E-state index contributed by atoms with van der Waals surface area (Å²) in [7, 11) is 0. The van der Waals surface area contributed by atoms with Crippen molar-refractivity contribution in [3.63, 3.8) is 0 Å². The van der Waals surface area contributed by atoms with Gasteiger partial charge in [-0.2, -0.15) is 0 Å². The van der Waals surface area contributed by atoms with E-state index in [-0.39, 0.29) is 30.2 Å². The van der Waals surface area contributed by atoms with E-state index in [9.17, 15) is 9.59 Å². The van der Waals surface area contributed by atoms with Crippen LogP contribution in [0.2, 0.25) is 0 Å². The average molecular weight is 327 g/mol. The summed E-state index contributed by atoms with van der Waals surface area (Å²) in [5, 5.41) is 2.93. The number of nitrogens with one attached hydrogen (secondary N) is 1. The van der Waals surface area contributed by atoms with Gasteiger partial charge in [0.1, 0.15) is 11.5 Å². The number of hydrogen-bond donors (Lipinski definition) is 1. The number of rotatable bonds is 5. The van der Waals surface area contributed by atoms with Gasteiger partial charge in [-0.3, -0.25) is 14.6 Å². The topological polar surface area (TPSA) is 75.4 Å². The second-order valence-corrected chi connectivity index (χ2v) is 6.18. The summed E-state index contributed by atoms with van der Waals surface area (Å²) >= 11 is 0. The van der Waals surface area contributed by atoms with Crippen LogP contribution < -0.4 is 5.32 Å². The van der Waals surface area contributed by atoms with Gasteiger partial charge >= 0.3 is 0 Å². The predicted molar refractivity (Wildman–Crippen MR) is 87.8 cm³/mol. The van der Waals surface area contributed by atoms with Crippen LogP contribution in [0.5, 0.6) is 0 Å². The van der Waals surface area contributed by atoms with Gasteiger partial charge in [-0.15, -0.1) is 0 Å². The summed E-state index contributed by atoms with van der Waals surface area (Å²) in [4.78, 5) is 30.5. The van der Waals surface area contributed by atoms with Gasteiger partial charge in [0, 0.05) is 19.2 Å². The summed E-state index contributed by atoms with van der Waals surface area (Å²) in [5.41, 5.74) is 0.825. The van der Waals surface area contributed by atoms with Crippen molar-refractivity contribution in [3.05, 3.63) is 53.7 Å². The number of hydrogen-bond acceptors (Lipinski definition) is 4. The summed E-state index contributed by atoms with van der Waals surface area (Å²) in [5.74, 6) is 1.06. The Morgan fingerprint density at radius 2 is 2.25 bits per heavy atom. The fraction of sp³-hybridized carbons (Fsp3) is 0.389. The van der Waals surface area contributed by atoms with Crippen LogP contribution in [0.15, 0.2) is 40.9 Å². The van der Waals surface area contributed by atoms with E-state index in [1.807, 2.05) is 44.2 Å². The third kappa shape index (κ3) is 3.64. The molecule has 0 radical (unpaired) electrons. The van der Waals surface area contributed by atoms with E-state index >= 15 is 0 Å². The first-order valence-electron chi connectivity index (χ1n) is 8.07. The molecule has 6 heteroatoms. The van der Waals surface area contributed by atoms with Crippen molar-refractivity contribution < 1.29 is 14.0 Å². The monoisotopic (exact) mass is 327 g/mol. The molecular formula is C18H21N3O3. The predicted octanol–water partition coefficient (Wildman–Crippen LogP) is 2.21. The molecule has 2 atom stereocenters. The van der Waals surface area contributed by atoms with E-state index in [4.69, 9.17) is 4.42 Å². The second-order valence-electron chi connectivity index (χ2n) is 6.18. The van der Waals surface area contributed by atoms with Crippen molar-refractivity contribution in [1.29, 1.82) is 0 Å². The molecule has 3 rings (SSSR count). The SMILES string of the molecule is Cc1ccc([C@H](C)NC(=O)[C@@H]2CC(=O)N(Cc3ccccn3)C2)o1. The van der Waals surface area contributed by atoms with Crippen LogP contribution in [0.25, 0.3) is 0 Å². The highest BCUT2D eigenvalue weighted by atomic mass is 16.3. The highest BCUT2D eigenvalue weighted by Gasteiger charge is 2.35. The maximum Gasteiger partial charge on any atom is 0.226 e. The number of likely N-dealkylation sites (tertiary alicyclic amines) is 1. The van der Waals surface area contributed by atoms with Gasteiger partial charge in [0.2, 0.25) is 11.8 Å². The van der Waals surface area contributed by atoms with Crippen molar-refractivity contribution >= 4 is 11.8 Å². The molecule has 1 saturated heterocycles. The zero-order valence-corrected chi connectivity index (χ0v) is 13.9. The number of carbonyl (C=O) groups excluding carboxylic acids is 2. The van der Waals surface area contributed by atoms with Gasteiger partial charge in [-0.25, -0.2) is 0 Å². The molecule has 0 unspecified atom stereocenters. The van der Waals surface area contributed by atoms with Crippen LogP contribution in [0.1, 0.15) is 36.6 Å². The summed E-state index contributed by atoms with van der Waals surface area (Å²) in [6, 6.07) is 9.11. The Morgan fingerprint density at radius 3 is 2.92 bits per heavy atom. The van der Waals surface area contributed by atoms with Gasteiger partial charge in [-0.05, 0) is 38.1 Å². The fourth-order valence-electron chi connectivity index (χ4n) is 2.88. The van der Waals surface area contributed by atoms with Crippen LogP contribution in [0.4, 0.5) is 0 Å².